The van der Waals surface area contributed by atoms with Crippen LogP contribution in [0.1, 0.15) is 27.2 Å². The second-order valence-electron chi connectivity index (χ2n) is 5.62. The predicted octanol–water partition coefficient (Wildman–Crippen LogP) is 1.26. The van der Waals surface area contributed by atoms with E-state index >= 15 is 0 Å². The van der Waals surface area contributed by atoms with Crippen LogP contribution in [-0.2, 0) is 4.74 Å². The maximum Gasteiger partial charge on any atom is 0.407 e. The Balaban J connectivity index is 2.13. The van der Waals surface area contributed by atoms with Crippen molar-refractivity contribution in [3.63, 3.8) is 0 Å². The molecule has 7 heteroatoms. The Labute approximate surface area is 125 Å². The number of aliphatic imine (C=N–C) groups is 1. The summed E-state index contributed by atoms with van der Waals surface area (Å²) in [7, 11) is 0. The van der Waals surface area contributed by atoms with Gasteiger partial charge in [-0.2, -0.15) is 11.8 Å². The first-order chi connectivity index (χ1) is 9.38. The molecule has 1 aliphatic heterocycles. The average Bonchev–Trinajstić information content (AvgIpc) is 2.37. The zero-order valence-electron chi connectivity index (χ0n) is 12.6. The number of ether oxygens (including phenoxy) is 1. The fourth-order valence-electron chi connectivity index (χ4n) is 1.67. The topological polar surface area (TPSA) is 79.9 Å². The van der Waals surface area contributed by atoms with E-state index in [0.29, 0.717) is 19.0 Å². The summed E-state index contributed by atoms with van der Waals surface area (Å²) < 4.78 is 5.14. The van der Waals surface area contributed by atoms with Gasteiger partial charge in [0.2, 0.25) is 0 Å². The molecule has 0 radical (unpaired) electrons. The molecule has 0 aromatic carbocycles. The number of carbonyl (C=O) groups is 1. The third-order valence-electron chi connectivity index (χ3n) is 2.61. The van der Waals surface area contributed by atoms with E-state index in [1.54, 1.807) is 0 Å². The van der Waals surface area contributed by atoms with Crippen molar-refractivity contribution in [1.29, 1.82) is 0 Å². The summed E-state index contributed by atoms with van der Waals surface area (Å²) in [6, 6.07) is 0. The van der Waals surface area contributed by atoms with Crippen molar-refractivity contribution in [1.82, 2.24) is 10.2 Å². The van der Waals surface area contributed by atoms with Gasteiger partial charge in [0.25, 0.3) is 0 Å². The summed E-state index contributed by atoms with van der Waals surface area (Å²) in [5.74, 6) is 2.83. The number of nitrogens with zero attached hydrogens (tertiary/aromatic N) is 2. The molecule has 0 atom stereocenters. The number of guanidine groups is 1. The van der Waals surface area contributed by atoms with Gasteiger partial charge in [0, 0.05) is 37.7 Å². The molecule has 1 saturated heterocycles. The van der Waals surface area contributed by atoms with E-state index in [-0.39, 0.29) is 6.09 Å². The summed E-state index contributed by atoms with van der Waals surface area (Å²) in [5.41, 5.74) is 5.47. The molecule has 0 saturated carbocycles. The van der Waals surface area contributed by atoms with Gasteiger partial charge in [0.15, 0.2) is 5.96 Å². The van der Waals surface area contributed by atoms with Crippen LogP contribution in [0.3, 0.4) is 0 Å². The van der Waals surface area contributed by atoms with Crippen LogP contribution in [0, 0.1) is 0 Å². The van der Waals surface area contributed by atoms with Crippen LogP contribution < -0.4 is 11.1 Å². The molecule has 0 spiro atoms. The fourth-order valence-corrected chi connectivity index (χ4v) is 2.57. The zero-order valence-corrected chi connectivity index (χ0v) is 13.5. The number of alkyl carbamates (subject to hydrolysis) is 1. The first-order valence-corrected chi connectivity index (χ1v) is 8.13. The summed E-state index contributed by atoms with van der Waals surface area (Å²) in [6.07, 6.45) is 0.366. The quantitative estimate of drug-likeness (QED) is 0.464. The first-order valence-electron chi connectivity index (χ1n) is 6.98. The zero-order chi connectivity index (χ0) is 15.0. The van der Waals surface area contributed by atoms with Gasteiger partial charge in [0.05, 0.1) is 0 Å². The minimum Gasteiger partial charge on any atom is -0.444 e. The van der Waals surface area contributed by atoms with Crippen molar-refractivity contribution in [2.45, 2.75) is 32.8 Å². The van der Waals surface area contributed by atoms with E-state index in [1.165, 1.54) is 0 Å². The van der Waals surface area contributed by atoms with E-state index in [2.05, 4.69) is 15.2 Å². The van der Waals surface area contributed by atoms with Crippen molar-refractivity contribution >= 4 is 23.8 Å². The Morgan fingerprint density at radius 3 is 2.65 bits per heavy atom. The number of nitrogens with two attached hydrogens (primary N) is 1. The minimum atomic E-state index is -0.459. The number of thioether (sulfide) groups is 1. The molecule has 1 rings (SSSR count). The summed E-state index contributed by atoms with van der Waals surface area (Å²) in [4.78, 5) is 17.8. The highest BCUT2D eigenvalue weighted by atomic mass is 32.2. The molecule has 1 aliphatic rings. The second kappa shape index (κ2) is 8.24. The largest absolute Gasteiger partial charge is 0.444 e. The number of hydrogen-bond acceptors (Lipinski definition) is 4. The standard InChI is InChI=1S/C13H26N4O2S/c1-13(2,3)19-12(18)16-6-4-5-15-11(14)17-7-9-20-10-8-17/h4-10H2,1-3H3,(H2,14,15)(H,16,18). The highest BCUT2D eigenvalue weighted by molar-refractivity contribution is 7.99. The van der Waals surface area contributed by atoms with Gasteiger partial charge in [-0.25, -0.2) is 4.79 Å². The third kappa shape index (κ3) is 7.47. The molecule has 1 fully saturated rings. The number of carbonyl (C=O) groups excluding carboxylic acids is 1. The molecule has 116 valence electrons. The first kappa shape index (κ1) is 16.9. The van der Waals surface area contributed by atoms with E-state index in [0.717, 1.165) is 31.0 Å². The Kier molecular flexibility index (Phi) is 6.98. The van der Waals surface area contributed by atoms with Crippen LogP contribution in [0.2, 0.25) is 0 Å². The Morgan fingerprint density at radius 1 is 1.40 bits per heavy atom. The second-order valence-corrected chi connectivity index (χ2v) is 6.85. The SMILES string of the molecule is CC(C)(C)OC(=O)NCCCN=C(N)N1CCSCC1. The van der Waals surface area contributed by atoms with Crippen LogP contribution >= 0.6 is 11.8 Å². The summed E-state index contributed by atoms with van der Waals surface area (Å²) >= 11 is 1.94. The van der Waals surface area contributed by atoms with E-state index in [1.807, 2.05) is 32.5 Å². The van der Waals surface area contributed by atoms with Crippen molar-refractivity contribution in [3.05, 3.63) is 0 Å². The maximum atomic E-state index is 11.4. The van der Waals surface area contributed by atoms with Crippen LogP contribution in [0.5, 0.6) is 0 Å². The van der Waals surface area contributed by atoms with Gasteiger partial charge in [0.1, 0.15) is 5.60 Å². The lowest BCUT2D eigenvalue weighted by Crippen LogP contribution is -2.42. The normalized spacial score (nSPS) is 16.9. The molecule has 1 heterocycles. The molecular weight excluding hydrogens is 276 g/mol. The molecule has 0 unspecified atom stereocenters. The maximum absolute atomic E-state index is 11.4. The van der Waals surface area contributed by atoms with Crippen LogP contribution in [0.15, 0.2) is 4.99 Å². The molecule has 20 heavy (non-hydrogen) atoms. The summed E-state index contributed by atoms with van der Waals surface area (Å²) in [5, 5.41) is 2.70. The average molecular weight is 302 g/mol. The van der Waals surface area contributed by atoms with Gasteiger partial charge >= 0.3 is 6.09 Å². The minimum absolute atomic E-state index is 0.387. The van der Waals surface area contributed by atoms with E-state index in [9.17, 15) is 4.79 Å². The molecule has 0 bridgehead atoms. The highest BCUT2D eigenvalue weighted by Gasteiger charge is 2.15. The van der Waals surface area contributed by atoms with Gasteiger partial charge in [-0.3, -0.25) is 4.99 Å². The lowest BCUT2D eigenvalue weighted by atomic mass is 10.2. The van der Waals surface area contributed by atoms with Crippen molar-refractivity contribution in [2.75, 3.05) is 37.7 Å². The summed E-state index contributed by atoms with van der Waals surface area (Å²) in [6.45, 7) is 8.62. The smallest absolute Gasteiger partial charge is 0.407 e. The lowest BCUT2D eigenvalue weighted by molar-refractivity contribution is 0.0527. The molecule has 3 N–H and O–H groups in total. The van der Waals surface area contributed by atoms with Gasteiger partial charge in [-0.05, 0) is 27.2 Å². The number of nitrogens with one attached hydrogen (secondary N) is 1. The molecule has 0 aliphatic carbocycles. The van der Waals surface area contributed by atoms with E-state index < -0.39 is 5.60 Å². The lowest BCUT2D eigenvalue weighted by Gasteiger charge is -2.27. The predicted molar refractivity (Wildman–Crippen MR) is 84.2 cm³/mol. The van der Waals surface area contributed by atoms with Crippen molar-refractivity contribution in [2.24, 2.45) is 10.7 Å². The van der Waals surface area contributed by atoms with Crippen molar-refractivity contribution < 1.29 is 9.53 Å². The monoisotopic (exact) mass is 302 g/mol. The van der Waals surface area contributed by atoms with Gasteiger partial charge in [-0.1, -0.05) is 0 Å². The third-order valence-corrected chi connectivity index (χ3v) is 3.55. The van der Waals surface area contributed by atoms with Crippen molar-refractivity contribution in [3.8, 4) is 0 Å². The Bertz CT molecular complexity index is 336. The van der Waals surface area contributed by atoms with Crippen LogP contribution in [0.25, 0.3) is 0 Å². The van der Waals surface area contributed by atoms with E-state index in [4.69, 9.17) is 10.5 Å². The molecule has 0 aromatic heterocycles. The number of amides is 1. The number of rotatable bonds is 4. The van der Waals surface area contributed by atoms with Crippen LogP contribution in [-0.4, -0.2) is 60.2 Å². The molecule has 1 amide bonds. The highest BCUT2D eigenvalue weighted by Crippen LogP contribution is 2.08. The molecular formula is C13H26N4O2S. The van der Waals surface area contributed by atoms with Gasteiger partial charge in [-0.15, -0.1) is 0 Å². The molecule has 6 nitrogen and oxygen atoms in total. The number of hydrogen-bond donors (Lipinski definition) is 2. The molecule has 0 aromatic rings. The Hall–Kier alpha value is -1.11. The van der Waals surface area contributed by atoms with Crippen LogP contribution in [0.4, 0.5) is 4.79 Å². The fraction of sp³-hybridized carbons (Fsp3) is 0.846. The Morgan fingerprint density at radius 2 is 2.05 bits per heavy atom. The van der Waals surface area contributed by atoms with Gasteiger partial charge < -0.3 is 20.7 Å².